The molecule has 2 saturated heterocycles. The summed E-state index contributed by atoms with van der Waals surface area (Å²) in [6, 6.07) is 7.19. The molecule has 1 spiro atoms. The van der Waals surface area contributed by atoms with E-state index in [1.807, 2.05) is 6.07 Å². The molecule has 0 saturated carbocycles. The standard InChI is InChI=1S/C15H19FN4/c16-11-3-1-4-12(9-11)20-14(17)18-10-15(20)6-8-19-7-2-5-13(15)19/h1,3-4,9,13H,2,5-8,10H2,(H2,17,18). The van der Waals surface area contributed by atoms with Gasteiger partial charge in [-0.05, 0) is 44.0 Å². The van der Waals surface area contributed by atoms with Gasteiger partial charge in [-0.3, -0.25) is 9.89 Å². The summed E-state index contributed by atoms with van der Waals surface area (Å²) in [7, 11) is 0. The lowest BCUT2D eigenvalue weighted by Gasteiger charge is -2.40. The number of halogens is 1. The van der Waals surface area contributed by atoms with Crippen molar-refractivity contribution < 1.29 is 4.39 Å². The fourth-order valence-electron chi connectivity index (χ4n) is 4.24. The van der Waals surface area contributed by atoms with E-state index >= 15 is 0 Å². The molecule has 0 aliphatic carbocycles. The molecule has 3 heterocycles. The van der Waals surface area contributed by atoms with Gasteiger partial charge < -0.3 is 10.6 Å². The van der Waals surface area contributed by atoms with E-state index < -0.39 is 0 Å². The average Bonchev–Trinajstić information content (AvgIpc) is 3.08. The van der Waals surface area contributed by atoms with Crippen molar-refractivity contribution in [3.63, 3.8) is 0 Å². The van der Waals surface area contributed by atoms with Gasteiger partial charge in [0.05, 0.1) is 12.1 Å². The summed E-state index contributed by atoms with van der Waals surface area (Å²) in [6.07, 6.45) is 3.48. The highest BCUT2D eigenvalue weighted by molar-refractivity contribution is 5.98. The van der Waals surface area contributed by atoms with E-state index in [4.69, 9.17) is 5.73 Å². The molecule has 3 aliphatic heterocycles. The Morgan fingerprint density at radius 3 is 3.10 bits per heavy atom. The van der Waals surface area contributed by atoms with Crippen molar-refractivity contribution >= 4 is 11.6 Å². The van der Waals surface area contributed by atoms with Crippen molar-refractivity contribution in [3.8, 4) is 0 Å². The second-order valence-corrected chi connectivity index (χ2v) is 6.04. The van der Waals surface area contributed by atoms with E-state index in [0.717, 1.165) is 25.2 Å². The summed E-state index contributed by atoms with van der Waals surface area (Å²) in [5, 5.41) is 0. The van der Waals surface area contributed by atoms with Gasteiger partial charge in [0.1, 0.15) is 5.82 Å². The molecule has 5 heteroatoms. The van der Waals surface area contributed by atoms with Crippen LogP contribution in [0.4, 0.5) is 10.1 Å². The largest absolute Gasteiger partial charge is 0.369 e. The number of nitrogens with two attached hydrogens (primary N) is 1. The van der Waals surface area contributed by atoms with Crippen molar-refractivity contribution in [3.05, 3.63) is 30.1 Å². The summed E-state index contributed by atoms with van der Waals surface area (Å²) in [4.78, 5) is 9.12. The van der Waals surface area contributed by atoms with Gasteiger partial charge in [-0.2, -0.15) is 0 Å². The fourth-order valence-corrected chi connectivity index (χ4v) is 4.24. The highest BCUT2D eigenvalue weighted by Crippen LogP contribution is 2.44. The van der Waals surface area contributed by atoms with E-state index in [1.54, 1.807) is 12.1 Å². The van der Waals surface area contributed by atoms with Crippen molar-refractivity contribution in [1.29, 1.82) is 0 Å². The molecule has 0 aromatic heterocycles. The Labute approximate surface area is 118 Å². The van der Waals surface area contributed by atoms with Crippen LogP contribution in [0, 0.1) is 5.82 Å². The molecule has 20 heavy (non-hydrogen) atoms. The van der Waals surface area contributed by atoms with Crippen LogP contribution in [0.1, 0.15) is 19.3 Å². The second-order valence-electron chi connectivity index (χ2n) is 6.04. The number of anilines is 1. The maximum absolute atomic E-state index is 13.6. The van der Waals surface area contributed by atoms with E-state index in [1.165, 1.54) is 25.5 Å². The molecule has 1 aromatic carbocycles. The molecule has 2 fully saturated rings. The van der Waals surface area contributed by atoms with Gasteiger partial charge in [0, 0.05) is 18.3 Å². The molecule has 106 valence electrons. The number of benzene rings is 1. The molecular weight excluding hydrogens is 255 g/mol. The maximum Gasteiger partial charge on any atom is 0.196 e. The quantitative estimate of drug-likeness (QED) is 0.845. The molecule has 0 bridgehead atoms. The van der Waals surface area contributed by atoms with Crippen molar-refractivity contribution in [2.24, 2.45) is 10.7 Å². The zero-order valence-electron chi connectivity index (χ0n) is 11.4. The molecule has 0 amide bonds. The molecule has 2 N–H and O–H groups in total. The number of hydrogen-bond acceptors (Lipinski definition) is 4. The van der Waals surface area contributed by atoms with Crippen LogP contribution >= 0.6 is 0 Å². The third-order valence-corrected chi connectivity index (χ3v) is 5.07. The van der Waals surface area contributed by atoms with Crippen LogP contribution < -0.4 is 10.6 Å². The number of nitrogens with zero attached hydrogens (tertiary/aromatic N) is 3. The Kier molecular flexibility index (Phi) is 2.54. The van der Waals surface area contributed by atoms with Gasteiger partial charge >= 0.3 is 0 Å². The smallest absolute Gasteiger partial charge is 0.196 e. The predicted molar refractivity (Wildman–Crippen MR) is 77.3 cm³/mol. The van der Waals surface area contributed by atoms with Crippen LogP contribution in [0.15, 0.2) is 29.3 Å². The number of fused-ring (bicyclic) bond motifs is 2. The first-order valence-corrected chi connectivity index (χ1v) is 7.30. The van der Waals surface area contributed by atoms with Gasteiger partial charge in [0.25, 0.3) is 0 Å². The zero-order chi connectivity index (χ0) is 13.7. The number of aliphatic imine (C=N–C) groups is 1. The predicted octanol–water partition coefficient (Wildman–Crippen LogP) is 1.57. The van der Waals surface area contributed by atoms with Crippen LogP contribution in [0.3, 0.4) is 0 Å². The summed E-state index contributed by atoms with van der Waals surface area (Å²) < 4.78 is 13.6. The van der Waals surface area contributed by atoms with E-state index in [2.05, 4.69) is 14.8 Å². The van der Waals surface area contributed by atoms with Crippen LogP contribution in [0.2, 0.25) is 0 Å². The van der Waals surface area contributed by atoms with E-state index in [9.17, 15) is 4.39 Å². The second kappa shape index (κ2) is 4.19. The van der Waals surface area contributed by atoms with E-state index in [0.29, 0.717) is 12.0 Å². The van der Waals surface area contributed by atoms with Gasteiger partial charge in [0.2, 0.25) is 0 Å². The monoisotopic (exact) mass is 274 g/mol. The van der Waals surface area contributed by atoms with Gasteiger partial charge in [-0.15, -0.1) is 0 Å². The van der Waals surface area contributed by atoms with Crippen molar-refractivity contribution in [2.45, 2.75) is 30.8 Å². The number of guanidine groups is 1. The Bertz CT molecular complexity index is 573. The first kappa shape index (κ1) is 12.1. The molecule has 2 atom stereocenters. The van der Waals surface area contributed by atoms with Crippen LogP contribution in [0.25, 0.3) is 0 Å². The molecule has 0 radical (unpaired) electrons. The normalized spacial score (nSPS) is 33.0. The topological polar surface area (TPSA) is 44.9 Å². The minimum atomic E-state index is -0.223. The maximum atomic E-state index is 13.6. The molecule has 2 unspecified atom stereocenters. The van der Waals surface area contributed by atoms with Crippen molar-refractivity contribution in [2.75, 3.05) is 24.5 Å². The first-order chi connectivity index (χ1) is 9.71. The van der Waals surface area contributed by atoms with Crippen LogP contribution in [-0.2, 0) is 0 Å². The van der Waals surface area contributed by atoms with Gasteiger partial charge in [-0.1, -0.05) is 6.07 Å². The molecule has 4 rings (SSSR count). The average molecular weight is 274 g/mol. The summed E-state index contributed by atoms with van der Waals surface area (Å²) in [6.45, 7) is 3.00. The molecular formula is C15H19FN4. The van der Waals surface area contributed by atoms with Gasteiger partial charge in [0.15, 0.2) is 5.96 Å². The third-order valence-electron chi connectivity index (χ3n) is 5.07. The Morgan fingerprint density at radius 2 is 2.25 bits per heavy atom. The highest BCUT2D eigenvalue weighted by Gasteiger charge is 2.55. The number of hydrogen-bond donors (Lipinski definition) is 1. The SMILES string of the molecule is NC1=NCC2(CCN3CCCC32)N1c1cccc(F)c1. The Morgan fingerprint density at radius 1 is 1.35 bits per heavy atom. The number of rotatable bonds is 1. The highest BCUT2D eigenvalue weighted by atomic mass is 19.1. The molecule has 3 aliphatic rings. The summed E-state index contributed by atoms with van der Waals surface area (Å²) >= 11 is 0. The lowest BCUT2D eigenvalue weighted by molar-refractivity contribution is 0.274. The van der Waals surface area contributed by atoms with Crippen LogP contribution in [-0.4, -0.2) is 42.1 Å². The zero-order valence-corrected chi connectivity index (χ0v) is 11.4. The third kappa shape index (κ3) is 1.53. The fraction of sp³-hybridized carbons (Fsp3) is 0.533. The summed E-state index contributed by atoms with van der Waals surface area (Å²) in [5.74, 6) is 0.308. The van der Waals surface area contributed by atoms with Crippen LogP contribution in [0.5, 0.6) is 0 Å². The minimum absolute atomic E-state index is 0.0611. The van der Waals surface area contributed by atoms with Gasteiger partial charge in [-0.25, -0.2) is 4.39 Å². The lowest BCUT2D eigenvalue weighted by Crippen LogP contribution is -2.57. The molecule has 1 aromatic rings. The lowest BCUT2D eigenvalue weighted by atomic mass is 9.87. The summed E-state index contributed by atoms with van der Waals surface area (Å²) in [5.41, 5.74) is 6.90. The Hall–Kier alpha value is -1.62. The van der Waals surface area contributed by atoms with E-state index in [-0.39, 0.29) is 11.4 Å². The molecule has 4 nitrogen and oxygen atoms in total. The minimum Gasteiger partial charge on any atom is -0.369 e. The Balaban J connectivity index is 1.77. The van der Waals surface area contributed by atoms with Crippen molar-refractivity contribution in [1.82, 2.24) is 4.90 Å². The first-order valence-electron chi connectivity index (χ1n) is 7.30.